The van der Waals surface area contributed by atoms with Crippen LogP contribution in [0.5, 0.6) is 0 Å². The van der Waals surface area contributed by atoms with E-state index in [1.807, 2.05) is 6.07 Å². The second kappa shape index (κ2) is 6.36. The van der Waals surface area contributed by atoms with Gasteiger partial charge in [0.1, 0.15) is 11.8 Å². The van der Waals surface area contributed by atoms with Gasteiger partial charge in [0.25, 0.3) is 0 Å². The third kappa shape index (κ3) is 3.19. The van der Waals surface area contributed by atoms with Gasteiger partial charge in [0.2, 0.25) is 0 Å². The molecule has 5 aromatic rings. The van der Waals surface area contributed by atoms with Gasteiger partial charge in [-0.25, -0.2) is 15.0 Å². The molecule has 146 valence electrons. The quantitative estimate of drug-likeness (QED) is 0.324. The van der Waals surface area contributed by atoms with E-state index < -0.39 is 0 Å². The summed E-state index contributed by atoms with van der Waals surface area (Å²) < 4.78 is 8.27. The first kappa shape index (κ1) is 18.3. The maximum Gasteiger partial charge on any atom is 0.196 e. The second-order valence-electron chi connectivity index (χ2n) is 9.01. The summed E-state index contributed by atoms with van der Waals surface area (Å²) in [6, 6.07) is 10.7. The van der Waals surface area contributed by atoms with Crippen molar-refractivity contribution in [2.45, 2.75) is 41.0 Å². The van der Waals surface area contributed by atoms with Gasteiger partial charge in [-0.1, -0.05) is 38.0 Å². The zero-order valence-electron chi connectivity index (χ0n) is 17.3. The fraction of sp³-hybridized carbons (Fsp3) is 0.292. The van der Waals surface area contributed by atoms with Crippen molar-refractivity contribution in [2.75, 3.05) is 0 Å². The molecule has 0 saturated carbocycles. The molecular weight excluding hydrogens is 378 g/mol. The Morgan fingerprint density at radius 3 is 2.41 bits per heavy atom. The second-order valence-corrected chi connectivity index (χ2v) is 10.0. The molecule has 0 aliphatic carbocycles. The highest BCUT2D eigenvalue weighted by molar-refractivity contribution is 7.27. The van der Waals surface area contributed by atoms with Crippen molar-refractivity contribution in [1.29, 1.82) is 0 Å². The molecule has 0 bridgehead atoms. The highest BCUT2D eigenvalue weighted by atomic mass is 32.1. The van der Waals surface area contributed by atoms with Crippen molar-refractivity contribution in [3.05, 3.63) is 53.7 Å². The summed E-state index contributed by atoms with van der Waals surface area (Å²) in [7, 11) is 0. The number of aryl methyl sites for hydroxylation is 2. The molecule has 0 aliphatic rings. The molecule has 4 nitrogen and oxygen atoms in total. The lowest BCUT2D eigenvalue weighted by molar-refractivity contribution is 0.362. The number of fused-ring (bicyclic) bond motifs is 5. The molecule has 0 radical (unpaired) electrons. The molecule has 0 saturated heterocycles. The summed E-state index contributed by atoms with van der Waals surface area (Å²) in [5.74, 6) is 0.790. The van der Waals surface area contributed by atoms with E-state index in [9.17, 15) is 0 Å². The zero-order chi connectivity index (χ0) is 20.3. The van der Waals surface area contributed by atoms with Crippen LogP contribution in [0, 0.1) is 19.3 Å². The fourth-order valence-electron chi connectivity index (χ4n) is 3.92. The number of hydrogen-bond donors (Lipinski definition) is 0. The predicted molar refractivity (Wildman–Crippen MR) is 121 cm³/mol. The predicted octanol–water partition coefficient (Wildman–Crippen LogP) is 6.86. The molecule has 0 spiro atoms. The summed E-state index contributed by atoms with van der Waals surface area (Å²) in [4.78, 5) is 14.1. The van der Waals surface area contributed by atoms with Crippen molar-refractivity contribution >= 4 is 42.7 Å². The van der Waals surface area contributed by atoms with E-state index in [1.165, 1.54) is 11.1 Å². The average molecular weight is 402 g/mol. The lowest BCUT2D eigenvalue weighted by Crippen LogP contribution is -2.09. The minimum atomic E-state index is 0.127. The Labute approximate surface area is 173 Å². The normalized spacial score (nSPS) is 12.4. The lowest BCUT2D eigenvalue weighted by Gasteiger charge is -2.14. The van der Waals surface area contributed by atoms with Crippen LogP contribution in [0.1, 0.15) is 37.8 Å². The molecular formula is C24H23N3OS. The van der Waals surface area contributed by atoms with Gasteiger partial charge in [0.05, 0.1) is 20.6 Å². The van der Waals surface area contributed by atoms with Crippen LogP contribution < -0.4 is 0 Å². The Morgan fingerprint density at radius 1 is 0.931 bits per heavy atom. The van der Waals surface area contributed by atoms with E-state index >= 15 is 0 Å². The first-order chi connectivity index (χ1) is 13.8. The van der Waals surface area contributed by atoms with E-state index in [1.54, 1.807) is 17.7 Å². The van der Waals surface area contributed by atoms with Crippen molar-refractivity contribution in [3.63, 3.8) is 0 Å². The molecule has 0 fully saturated rings. The van der Waals surface area contributed by atoms with Gasteiger partial charge in [0.15, 0.2) is 11.5 Å². The van der Waals surface area contributed by atoms with Crippen LogP contribution in [0.4, 0.5) is 0 Å². The number of aromatic nitrogens is 3. The monoisotopic (exact) mass is 401 g/mol. The van der Waals surface area contributed by atoms with Crippen LogP contribution in [0.3, 0.4) is 0 Å². The molecule has 3 heterocycles. The third-order valence-corrected chi connectivity index (χ3v) is 6.21. The van der Waals surface area contributed by atoms with Gasteiger partial charge < -0.3 is 4.42 Å². The van der Waals surface area contributed by atoms with Crippen LogP contribution in [0.15, 0.2) is 41.1 Å². The molecule has 0 N–H and O–H groups in total. The minimum Gasteiger partial charge on any atom is -0.441 e. The van der Waals surface area contributed by atoms with E-state index in [2.05, 4.69) is 68.9 Å². The first-order valence-corrected chi connectivity index (χ1v) is 10.6. The number of thiophene rings is 1. The smallest absolute Gasteiger partial charge is 0.196 e. The number of benzene rings is 2. The summed E-state index contributed by atoms with van der Waals surface area (Å²) in [5.41, 5.74) is 7.46. The van der Waals surface area contributed by atoms with Gasteiger partial charge in [-0.15, -0.1) is 11.3 Å². The molecule has 0 aliphatic heterocycles. The van der Waals surface area contributed by atoms with Crippen LogP contribution in [-0.4, -0.2) is 15.0 Å². The number of oxazole rings is 1. The van der Waals surface area contributed by atoms with Gasteiger partial charge in [-0.3, -0.25) is 0 Å². The highest BCUT2D eigenvalue weighted by Gasteiger charge is 2.20. The molecule has 0 unspecified atom stereocenters. The maximum atomic E-state index is 6.05. The Hall–Kier alpha value is -2.79. The summed E-state index contributed by atoms with van der Waals surface area (Å²) >= 11 is 1.71. The van der Waals surface area contributed by atoms with E-state index in [0.29, 0.717) is 0 Å². The molecule has 5 heteroatoms. The van der Waals surface area contributed by atoms with Gasteiger partial charge >= 0.3 is 0 Å². The zero-order valence-corrected chi connectivity index (χ0v) is 18.1. The molecule has 0 amide bonds. The van der Waals surface area contributed by atoms with Crippen molar-refractivity contribution in [3.8, 4) is 11.3 Å². The Balaban J connectivity index is 1.77. The van der Waals surface area contributed by atoms with Gasteiger partial charge in [-0.2, -0.15) is 0 Å². The van der Waals surface area contributed by atoms with Crippen molar-refractivity contribution in [2.24, 2.45) is 5.41 Å². The largest absolute Gasteiger partial charge is 0.441 e. The van der Waals surface area contributed by atoms with Gasteiger partial charge in [-0.05, 0) is 43.5 Å². The Kier molecular flexibility index (Phi) is 4.00. The van der Waals surface area contributed by atoms with Gasteiger partial charge in [0, 0.05) is 17.4 Å². The standard InChI is InChI=1S/C24H23N3OS/c1-13-8-14(2)10-15(9-13)19-23-20(26-12-25-19)16-6-7-17-21(22(16)29-23)27-18(28-17)11-24(3,4)5/h6-10,12H,11H2,1-5H3. The lowest BCUT2D eigenvalue weighted by atomic mass is 9.92. The topological polar surface area (TPSA) is 51.8 Å². The van der Waals surface area contributed by atoms with Crippen molar-refractivity contribution < 1.29 is 4.42 Å². The number of hydrogen-bond acceptors (Lipinski definition) is 5. The van der Waals surface area contributed by atoms with Crippen LogP contribution in [0.2, 0.25) is 0 Å². The van der Waals surface area contributed by atoms with E-state index in [4.69, 9.17) is 9.40 Å². The molecule has 5 rings (SSSR count). The van der Waals surface area contributed by atoms with Crippen LogP contribution >= 0.6 is 11.3 Å². The average Bonchev–Trinajstić information content (AvgIpc) is 3.19. The molecule has 3 aromatic heterocycles. The summed E-state index contributed by atoms with van der Waals surface area (Å²) in [5, 5.41) is 1.11. The molecule has 2 aromatic carbocycles. The molecule has 0 atom stereocenters. The SMILES string of the molecule is Cc1cc(C)cc(-c2ncnc3c2sc2c3ccc3oc(CC(C)(C)C)nc32)c1. The Bertz CT molecular complexity index is 1370. The third-order valence-electron chi connectivity index (χ3n) is 5.00. The van der Waals surface area contributed by atoms with E-state index in [0.717, 1.165) is 55.0 Å². The maximum absolute atomic E-state index is 6.05. The van der Waals surface area contributed by atoms with Crippen molar-refractivity contribution in [1.82, 2.24) is 15.0 Å². The van der Waals surface area contributed by atoms with Crippen LogP contribution in [-0.2, 0) is 6.42 Å². The summed E-state index contributed by atoms with van der Waals surface area (Å²) in [6.45, 7) is 10.8. The molecule has 29 heavy (non-hydrogen) atoms. The van der Waals surface area contributed by atoms with Crippen LogP contribution in [0.25, 0.3) is 42.7 Å². The number of nitrogens with zero attached hydrogens (tertiary/aromatic N) is 3. The van der Waals surface area contributed by atoms with E-state index in [-0.39, 0.29) is 5.41 Å². The highest BCUT2D eigenvalue weighted by Crippen LogP contribution is 2.41. The first-order valence-electron chi connectivity index (χ1n) is 9.83. The fourth-order valence-corrected chi connectivity index (χ4v) is 5.16. The minimum absolute atomic E-state index is 0.127. The summed E-state index contributed by atoms with van der Waals surface area (Å²) in [6.07, 6.45) is 2.47. The Morgan fingerprint density at radius 2 is 1.69 bits per heavy atom. The number of rotatable bonds is 2.